The van der Waals surface area contributed by atoms with Crippen LogP contribution in [-0.4, -0.2) is 67.4 Å². The van der Waals surface area contributed by atoms with Crippen molar-refractivity contribution in [3.05, 3.63) is 51.9 Å². The van der Waals surface area contributed by atoms with Crippen molar-refractivity contribution in [2.75, 3.05) is 26.7 Å². The molecule has 170 valence electrons. The molecule has 2 aromatic heterocycles. The average Bonchev–Trinajstić information content (AvgIpc) is 3.10. The quantitative estimate of drug-likeness (QED) is 0.626. The van der Waals surface area contributed by atoms with E-state index in [9.17, 15) is 13.5 Å². The van der Waals surface area contributed by atoms with E-state index in [1.54, 1.807) is 37.0 Å². The van der Waals surface area contributed by atoms with Gasteiger partial charge in [-0.3, -0.25) is 9.98 Å². The number of rotatable bonds is 7. The van der Waals surface area contributed by atoms with Crippen LogP contribution >= 0.6 is 11.8 Å². The number of pyridine rings is 2. The molecule has 1 fully saturated rings. The molecule has 4 rings (SSSR count). The first-order valence-corrected chi connectivity index (χ1v) is 12.6. The van der Waals surface area contributed by atoms with Crippen molar-refractivity contribution in [3.63, 3.8) is 0 Å². The molecule has 2 N–H and O–H groups in total. The van der Waals surface area contributed by atoms with Gasteiger partial charge in [-0.15, -0.1) is 0 Å². The standard InChI is InChI=1S/C21H25N5O4S2/c1-30-19-3-2-17-21(24-19)16(4-9-23-17)18(27)14-26-11-6-15(7-12-26)25-32(28,29)20-5-8-22-10-13-31-20/h2-5,8-10,13,15,18,25,27H,6-7,11-12,14H2,1H3/t18-/m0/s1. The fraction of sp³-hybridized carbons (Fsp3) is 0.381. The van der Waals surface area contributed by atoms with Gasteiger partial charge in [-0.05, 0) is 49.5 Å². The molecule has 0 aliphatic carbocycles. The minimum Gasteiger partial charge on any atom is -0.481 e. The molecule has 4 heterocycles. The van der Waals surface area contributed by atoms with Gasteiger partial charge >= 0.3 is 0 Å². The van der Waals surface area contributed by atoms with Crippen LogP contribution in [0.25, 0.3) is 11.0 Å². The Morgan fingerprint density at radius 2 is 2.12 bits per heavy atom. The van der Waals surface area contributed by atoms with Crippen LogP contribution in [0.1, 0.15) is 24.5 Å². The maximum absolute atomic E-state index is 12.7. The van der Waals surface area contributed by atoms with E-state index in [1.807, 2.05) is 6.07 Å². The monoisotopic (exact) mass is 475 g/mol. The zero-order valence-corrected chi connectivity index (χ0v) is 19.2. The molecule has 0 radical (unpaired) electrons. The van der Waals surface area contributed by atoms with Gasteiger partial charge < -0.3 is 14.7 Å². The number of nitrogens with one attached hydrogen (secondary N) is 1. The van der Waals surface area contributed by atoms with Gasteiger partial charge in [0.05, 0.1) is 24.2 Å². The van der Waals surface area contributed by atoms with Gasteiger partial charge in [0.2, 0.25) is 15.9 Å². The van der Waals surface area contributed by atoms with Crippen molar-refractivity contribution in [1.82, 2.24) is 19.6 Å². The predicted molar refractivity (Wildman–Crippen MR) is 126 cm³/mol. The number of aromatic nitrogens is 2. The van der Waals surface area contributed by atoms with Crippen molar-refractivity contribution in [3.8, 4) is 5.88 Å². The summed E-state index contributed by atoms with van der Waals surface area (Å²) in [5.41, 5.74) is 2.01. The lowest BCUT2D eigenvalue weighted by Gasteiger charge is -2.33. The van der Waals surface area contributed by atoms with Crippen LogP contribution in [0.3, 0.4) is 0 Å². The molecule has 2 aliphatic heterocycles. The number of aliphatic hydroxyl groups is 1. The Hall–Kier alpha value is -2.31. The van der Waals surface area contributed by atoms with Crippen molar-refractivity contribution >= 4 is 39.0 Å². The Balaban J connectivity index is 1.36. The normalized spacial score (nSPS) is 19.0. The number of methoxy groups -OCH3 is 1. The number of hydrogen-bond donors (Lipinski definition) is 2. The minimum absolute atomic E-state index is 0.147. The molecular formula is C21H25N5O4S2. The van der Waals surface area contributed by atoms with E-state index in [-0.39, 0.29) is 10.3 Å². The second-order valence-corrected chi connectivity index (χ2v) is 10.4. The molecule has 2 aliphatic rings. The minimum atomic E-state index is -3.58. The third-order valence-electron chi connectivity index (χ3n) is 5.39. The smallest absolute Gasteiger partial charge is 0.247 e. The Bertz CT molecular complexity index is 1160. The summed E-state index contributed by atoms with van der Waals surface area (Å²) in [5.74, 6) is 0.468. The summed E-state index contributed by atoms with van der Waals surface area (Å²) in [4.78, 5) is 14.8. The van der Waals surface area contributed by atoms with Crippen LogP contribution in [0.15, 0.2) is 51.3 Å². The molecule has 9 nitrogen and oxygen atoms in total. The molecule has 2 aromatic rings. The SMILES string of the molecule is COc1ccc2nccc([C@@H](O)CN3CCC(NS(=O)(=O)C4=CC=NC=CS4)CC3)c2n1. The van der Waals surface area contributed by atoms with Crippen molar-refractivity contribution in [2.45, 2.75) is 25.0 Å². The van der Waals surface area contributed by atoms with Gasteiger partial charge in [-0.2, -0.15) is 0 Å². The molecule has 32 heavy (non-hydrogen) atoms. The second kappa shape index (κ2) is 10.1. The number of ether oxygens (including phenoxy) is 1. The highest BCUT2D eigenvalue weighted by Crippen LogP contribution is 2.27. The summed E-state index contributed by atoms with van der Waals surface area (Å²) in [6.45, 7) is 1.79. The molecule has 1 saturated heterocycles. The van der Waals surface area contributed by atoms with E-state index >= 15 is 0 Å². The van der Waals surface area contributed by atoms with Crippen LogP contribution in [0, 0.1) is 0 Å². The fourth-order valence-corrected chi connectivity index (χ4v) is 6.00. The number of sulfonamides is 1. The average molecular weight is 476 g/mol. The molecule has 0 spiro atoms. The van der Waals surface area contributed by atoms with Crippen LogP contribution in [-0.2, 0) is 10.0 Å². The number of allylic oxidation sites excluding steroid dienone is 1. The van der Waals surface area contributed by atoms with Gasteiger partial charge in [0.1, 0.15) is 4.24 Å². The lowest BCUT2D eigenvalue weighted by molar-refractivity contribution is 0.0971. The van der Waals surface area contributed by atoms with E-state index in [1.165, 1.54) is 12.3 Å². The summed E-state index contributed by atoms with van der Waals surface area (Å²) in [6.07, 6.45) is 6.78. The molecule has 0 aromatic carbocycles. The molecular weight excluding hydrogens is 450 g/mol. The lowest BCUT2D eigenvalue weighted by Crippen LogP contribution is -2.45. The number of thioether (sulfide) groups is 1. The van der Waals surface area contributed by atoms with E-state index < -0.39 is 16.1 Å². The van der Waals surface area contributed by atoms with E-state index in [4.69, 9.17) is 4.74 Å². The predicted octanol–water partition coefficient (Wildman–Crippen LogP) is 2.19. The zero-order valence-electron chi connectivity index (χ0n) is 17.6. The van der Waals surface area contributed by atoms with E-state index in [0.717, 1.165) is 11.8 Å². The number of β-amino-alcohol motifs (C(OH)–C–C–N with tert-alkyl or cyclic N) is 1. The van der Waals surface area contributed by atoms with Crippen molar-refractivity contribution < 1.29 is 18.3 Å². The Kier molecular flexibility index (Phi) is 7.21. The molecule has 0 saturated carbocycles. The summed E-state index contributed by atoms with van der Waals surface area (Å²) < 4.78 is 33.6. The molecule has 11 heteroatoms. The zero-order chi connectivity index (χ0) is 22.6. The Morgan fingerprint density at radius 3 is 2.91 bits per heavy atom. The first kappa shape index (κ1) is 22.9. The van der Waals surface area contributed by atoms with Gasteiger partial charge in [0, 0.05) is 42.8 Å². The number of likely N-dealkylation sites (tertiary alicyclic amines) is 1. The summed E-state index contributed by atoms with van der Waals surface area (Å²) >= 11 is 1.13. The molecule has 0 unspecified atom stereocenters. The van der Waals surface area contributed by atoms with Crippen LogP contribution in [0.2, 0.25) is 0 Å². The van der Waals surface area contributed by atoms with Gasteiger partial charge in [0.15, 0.2) is 0 Å². The number of aliphatic hydroxyl groups excluding tert-OH is 1. The highest BCUT2D eigenvalue weighted by molar-refractivity contribution is 8.19. The number of aliphatic imine (C=N–C) groups is 1. The summed E-state index contributed by atoms with van der Waals surface area (Å²) in [6, 6.07) is 5.19. The Morgan fingerprint density at radius 1 is 1.31 bits per heavy atom. The first-order valence-electron chi connectivity index (χ1n) is 10.2. The molecule has 0 bridgehead atoms. The van der Waals surface area contributed by atoms with Crippen LogP contribution < -0.4 is 9.46 Å². The van der Waals surface area contributed by atoms with Gasteiger partial charge in [-0.25, -0.2) is 18.1 Å². The van der Waals surface area contributed by atoms with Gasteiger partial charge in [0.25, 0.3) is 0 Å². The van der Waals surface area contributed by atoms with Crippen LogP contribution in [0.4, 0.5) is 0 Å². The number of nitrogens with zero attached hydrogens (tertiary/aromatic N) is 4. The van der Waals surface area contributed by atoms with Crippen molar-refractivity contribution in [2.24, 2.45) is 4.99 Å². The number of fused-ring (bicyclic) bond motifs is 1. The third-order valence-corrected chi connectivity index (χ3v) is 8.27. The van der Waals surface area contributed by atoms with E-state index in [0.29, 0.717) is 55.0 Å². The highest BCUT2D eigenvalue weighted by atomic mass is 32.3. The van der Waals surface area contributed by atoms with Crippen molar-refractivity contribution in [1.29, 1.82) is 0 Å². The maximum Gasteiger partial charge on any atom is 0.247 e. The molecule has 1 atom stereocenters. The molecule has 0 amide bonds. The number of hydrogen-bond acceptors (Lipinski definition) is 9. The second-order valence-electron chi connectivity index (χ2n) is 7.52. The van der Waals surface area contributed by atoms with E-state index in [2.05, 4.69) is 24.6 Å². The maximum atomic E-state index is 12.7. The lowest BCUT2D eigenvalue weighted by atomic mass is 10.0. The third kappa shape index (κ3) is 5.36. The number of piperidine rings is 1. The van der Waals surface area contributed by atoms with Gasteiger partial charge in [-0.1, -0.05) is 11.8 Å². The highest BCUT2D eigenvalue weighted by Gasteiger charge is 2.27. The fourth-order valence-electron chi connectivity index (χ4n) is 3.74. The Labute approximate surface area is 191 Å². The topological polar surface area (TPSA) is 117 Å². The largest absolute Gasteiger partial charge is 0.481 e. The summed E-state index contributed by atoms with van der Waals surface area (Å²) in [7, 11) is -2.03. The summed E-state index contributed by atoms with van der Waals surface area (Å²) in [5, 5.41) is 12.5. The van der Waals surface area contributed by atoms with Crippen LogP contribution in [0.5, 0.6) is 5.88 Å². The first-order chi connectivity index (χ1) is 15.5.